The maximum atomic E-state index is 11.7. The first-order valence-corrected chi connectivity index (χ1v) is 20.9. The van der Waals surface area contributed by atoms with Crippen molar-refractivity contribution < 1.29 is 0 Å². The summed E-state index contributed by atoms with van der Waals surface area (Å²) in [6.07, 6.45) is 3.50. The van der Waals surface area contributed by atoms with E-state index in [-0.39, 0.29) is 0 Å². The Labute approximate surface area is 352 Å². The van der Waals surface area contributed by atoms with E-state index in [1.165, 1.54) is 20.2 Å². The molecule has 13 aromatic rings. The van der Waals surface area contributed by atoms with Gasteiger partial charge >= 0.3 is 0 Å². The van der Waals surface area contributed by atoms with Crippen molar-refractivity contribution in [2.75, 3.05) is 0 Å². The van der Waals surface area contributed by atoms with Crippen molar-refractivity contribution in [1.29, 1.82) is 5.26 Å². The highest BCUT2D eigenvalue weighted by Crippen LogP contribution is 2.53. The number of hydrogen-bond acceptors (Lipinski definition) is 4. The number of thiophene rings is 1. The average molecular weight is 793 g/mol. The van der Waals surface area contributed by atoms with Gasteiger partial charge in [-0.2, -0.15) is 5.26 Å². The molecule has 0 radical (unpaired) electrons. The van der Waals surface area contributed by atoms with Crippen LogP contribution in [-0.4, -0.2) is 19.1 Å². The van der Waals surface area contributed by atoms with Crippen LogP contribution in [0.5, 0.6) is 0 Å². The van der Waals surface area contributed by atoms with Crippen molar-refractivity contribution >= 4 is 103 Å². The van der Waals surface area contributed by atoms with Crippen LogP contribution in [0.1, 0.15) is 5.56 Å². The molecule has 0 saturated heterocycles. The summed E-state index contributed by atoms with van der Waals surface area (Å²) >= 11 is 1.78. The normalized spacial score (nSPS) is 11.9. The van der Waals surface area contributed by atoms with Crippen molar-refractivity contribution in [2.24, 2.45) is 0 Å². The molecule has 0 unspecified atom stereocenters. The minimum atomic E-state index is 0.403. The van der Waals surface area contributed by atoms with Crippen molar-refractivity contribution in [3.63, 3.8) is 0 Å². The second-order valence-corrected chi connectivity index (χ2v) is 16.5. The first-order valence-electron chi connectivity index (χ1n) is 20.1. The van der Waals surface area contributed by atoms with Gasteiger partial charge in [0.1, 0.15) is 6.07 Å². The Balaban J connectivity index is 1.31. The number of para-hydroxylation sites is 1. The number of hydrogen-bond donors (Lipinski definition) is 0. The minimum Gasteiger partial charge on any atom is -0.318 e. The molecule has 61 heavy (non-hydrogen) atoms. The Hall–Kier alpha value is -8.36. The van der Waals surface area contributed by atoms with Gasteiger partial charge in [0.15, 0.2) is 0 Å². The zero-order chi connectivity index (χ0) is 40.3. The van der Waals surface area contributed by atoms with E-state index in [4.69, 9.17) is 16.5 Å². The largest absolute Gasteiger partial charge is 0.318 e. The van der Waals surface area contributed by atoms with E-state index in [1.54, 1.807) is 23.7 Å². The quantitative estimate of drug-likeness (QED) is 0.132. The Morgan fingerprint density at radius 1 is 0.492 bits per heavy atom. The molecule has 0 atom stereocenters. The van der Waals surface area contributed by atoms with Gasteiger partial charge in [0.2, 0.25) is 5.69 Å². The minimum absolute atomic E-state index is 0.403. The van der Waals surface area contributed by atoms with Crippen molar-refractivity contribution in [3.05, 3.63) is 187 Å². The van der Waals surface area contributed by atoms with Crippen LogP contribution >= 0.6 is 11.3 Å². The maximum Gasteiger partial charge on any atom is 0.220 e. The van der Waals surface area contributed by atoms with Gasteiger partial charge in [-0.05, 0) is 47.5 Å². The van der Waals surface area contributed by atoms with Gasteiger partial charge < -0.3 is 9.13 Å². The van der Waals surface area contributed by atoms with Crippen molar-refractivity contribution in [3.8, 4) is 39.7 Å². The monoisotopic (exact) mass is 792 g/mol. The molecule has 0 saturated carbocycles. The van der Waals surface area contributed by atoms with Crippen LogP contribution in [0.2, 0.25) is 0 Å². The van der Waals surface area contributed by atoms with Crippen LogP contribution in [0, 0.1) is 17.9 Å². The second kappa shape index (κ2) is 12.6. The zero-order valence-electron chi connectivity index (χ0n) is 32.3. The SMILES string of the molecule is [C-]#[N+]c1c(-c2ccccc2)c(C#N)c(-n2c3ccccc3c3cc4c(cc32)sc2ccccc24)c(-c2ccccc2)c1-n1c2cccc3c4nccnc4c4cccc1c4c32. The van der Waals surface area contributed by atoms with E-state index < -0.39 is 0 Å². The summed E-state index contributed by atoms with van der Waals surface area (Å²) in [5.41, 5.74) is 10.9. The molecule has 0 spiro atoms. The number of benzene rings is 9. The predicted molar refractivity (Wildman–Crippen MR) is 252 cm³/mol. The lowest BCUT2D eigenvalue weighted by atomic mass is 9.88. The lowest BCUT2D eigenvalue weighted by Crippen LogP contribution is -2.08. The van der Waals surface area contributed by atoms with Crippen LogP contribution in [0.15, 0.2) is 170 Å². The number of nitrogens with zero attached hydrogens (tertiary/aromatic N) is 6. The molecule has 0 N–H and O–H groups in total. The summed E-state index contributed by atoms with van der Waals surface area (Å²) in [6.45, 7) is 9.15. The van der Waals surface area contributed by atoms with Crippen molar-refractivity contribution in [1.82, 2.24) is 19.1 Å². The molecule has 0 amide bonds. The summed E-state index contributed by atoms with van der Waals surface area (Å²) in [5.74, 6) is 0. The molecule has 9 aromatic carbocycles. The molecule has 13 rings (SSSR count). The average Bonchev–Trinajstić information content (AvgIpc) is 3.97. The first kappa shape index (κ1) is 33.6. The second-order valence-electron chi connectivity index (χ2n) is 15.4. The highest BCUT2D eigenvalue weighted by atomic mass is 32.1. The number of nitriles is 1. The molecule has 0 aliphatic carbocycles. The van der Waals surface area contributed by atoms with Gasteiger partial charge in [-0.25, -0.2) is 4.85 Å². The molecule has 0 fully saturated rings. The highest BCUT2D eigenvalue weighted by molar-refractivity contribution is 7.25. The summed E-state index contributed by atoms with van der Waals surface area (Å²) in [7, 11) is 0. The summed E-state index contributed by atoms with van der Waals surface area (Å²) in [4.78, 5) is 14.2. The molecular formula is C54H28N6S. The van der Waals surface area contributed by atoms with Gasteiger partial charge in [0.25, 0.3) is 0 Å². The lowest BCUT2D eigenvalue weighted by Gasteiger charge is -2.25. The molecule has 7 heteroatoms. The Bertz CT molecular complexity index is 3980. The Morgan fingerprint density at radius 2 is 1.05 bits per heavy atom. The maximum absolute atomic E-state index is 11.7. The summed E-state index contributed by atoms with van der Waals surface area (Å²) in [6, 6.07) is 57.3. The molecule has 4 aromatic heterocycles. The van der Waals surface area contributed by atoms with Gasteiger partial charge in [-0.1, -0.05) is 121 Å². The van der Waals surface area contributed by atoms with Gasteiger partial charge in [0.05, 0.1) is 56.6 Å². The van der Waals surface area contributed by atoms with Crippen LogP contribution < -0.4 is 0 Å². The smallest absolute Gasteiger partial charge is 0.220 e. The van der Waals surface area contributed by atoms with Crippen molar-refractivity contribution in [2.45, 2.75) is 0 Å². The van der Waals surface area contributed by atoms with E-state index >= 15 is 0 Å². The van der Waals surface area contributed by atoms with Gasteiger partial charge in [0, 0.05) is 76.0 Å². The molecule has 6 nitrogen and oxygen atoms in total. The standard InChI is InChI=1S/C54H28N6S/c1-56-52-46(31-14-4-2-5-15-31)39(30-55)53(59-40-22-10-8-18-33(40)37-28-38-34-19-9-11-25-44(34)61-45(38)29-43(37)59)47(32-16-6-3-7-17-32)54(52)60-41-23-12-20-35-48(41)49-36(21-13-24-42(49)60)51-50(35)57-26-27-58-51/h2-29H. The molecule has 0 aliphatic rings. The first-order chi connectivity index (χ1) is 30.2. The molecular weight excluding hydrogens is 765 g/mol. The number of fused-ring (bicyclic) bond motifs is 9. The fourth-order valence-electron chi connectivity index (χ4n) is 10.0. The molecule has 0 aliphatic heterocycles. The van der Waals surface area contributed by atoms with E-state index in [2.05, 4.69) is 129 Å². The Kier molecular flexibility index (Phi) is 6.92. The van der Waals surface area contributed by atoms with Crippen LogP contribution in [-0.2, 0) is 0 Å². The summed E-state index contributed by atoms with van der Waals surface area (Å²) in [5, 5.41) is 20.5. The topological polar surface area (TPSA) is 63.8 Å². The van der Waals surface area contributed by atoms with Crippen LogP contribution in [0.3, 0.4) is 0 Å². The van der Waals surface area contributed by atoms with E-state index in [9.17, 15) is 5.26 Å². The number of aromatic nitrogens is 4. The number of rotatable bonds is 4. The van der Waals surface area contributed by atoms with E-state index in [0.717, 1.165) is 87.8 Å². The third-order valence-corrected chi connectivity index (χ3v) is 13.5. The fourth-order valence-corrected chi connectivity index (χ4v) is 11.2. The molecule has 0 bridgehead atoms. The third kappa shape index (κ3) is 4.47. The predicted octanol–water partition coefficient (Wildman–Crippen LogP) is 14.5. The summed E-state index contributed by atoms with van der Waals surface area (Å²) < 4.78 is 6.97. The third-order valence-electron chi connectivity index (χ3n) is 12.4. The Morgan fingerprint density at radius 3 is 1.70 bits per heavy atom. The van der Waals surface area contributed by atoms with Gasteiger partial charge in [-0.3, -0.25) is 9.97 Å². The highest BCUT2D eigenvalue weighted by Gasteiger charge is 2.32. The van der Waals surface area contributed by atoms with Crippen LogP contribution in [0.25, 0.3) is 124 Å². The molecule has 280 valence electrons. The van der Waals surface area contributed by atoms with Crippen LogP contribution in [0.4, 0.5) is 5.69 Å². The van der Waals surface area contributed by atoms with Gasteiger partial charge in [-0.15, -0.1) is 11.3 Å². The fraction of sp³-hybridized carbons (Fsp3) is 0. The zero-order valence-corrected chi connectivity index (χ0v) is 33.1. The lowest BCUT2D eigenvalue weighted by molar-refractivity contribution is 1.13. The van der Waals surface area contributed by atoms with E-state index in [1.807, 2.05) is 48.5 Å². The molecule has 4 heterocycles. The van der Waals surface area contributed by atoms with E-state index in [0.29, 0.717) is 22.5 Å².